The molecule has 0 aliphatic carbocycles. The number of aromatic nitrogens is 2. The van der Waals surface area contributed by atoms with Crippen LogP contribution in [0.25, 0.3) is 22.2 Å². The summed E-state index contributed by atoms with van der Waals surface area (Å²) in [6, 6.07) is 12.4. The molecule has 162 valence electrons. The van der Waals surface area contributed by atoms with Crippen molar-refractivity contribution in [2.75, 3.05) is 31.2 Å². The number of benzene rings is 1. The molecule has 0 atom stereocenters. The van der Waals surface area contributed by atoms with Crippen LogP contribution in [-0.4, -0.2) is 52.5 Å². The Hall–Kier alpha value is -3.46. The molecule has 2 aromatic heterocycles. The van der Waals surface area contributed by atoms with Gasteiger partial charge in [-0.15, -0.1) is 0 Å². The van der Waals surface area contributed by atoms with Crippen molar-refractivity contribution in [3.8, 4) is 11.3 Å². The number of ether oxygens (including phenoxy) is 2. The molecule has 0 unspecified atom stereocenters. The van der Waals surface area contributed by atoms with Crippen molar-refractivity contribution in [3.05, 3.63) is 52.6 Å². The van der Waals surface area contributed by atoms with E-state index in [0.717, 1.165) is 5.39 Å². The maximum atomic E-state index is 13.1. The van der Waals surface area contributed by atoms with Crippen LogP contribution in [0.15, 0.2) is 42.5 Å². The maximum absolute atomic E-state index is 13.1. The number of pyridine rings is 1. The molecule has 3 heterocycles. The summed E-state index contributed by atoms with van der Waals surface area (Å²) in [5.41, 5.74) is 0.509. The number of carbonyl (C=O) groups is 1. The monoisotopic (exact) mass is 424 g/mol. The van der Waals surface area contributed by atoms with Gasteiger partial charge in [0.2, 0.25) is 5.82 Å². The van der Waals surface area contributed by atoms with Crippen molar-refractivity contribution < 1.29 is 19.2 Å². The number of anilines is 1. The molecule has 0 bridgehead atoms. The minimum absolute atomic E-state index is 0.254. The highest BCUT2D eigenvalue weighted by molar-refractivity contribution is 5.97. The lowest BCUT2D eigenvalue weighted by Crippen LogP contribution is -2.36. The van der Waals surface area contributed by atoms with Crippen LogP contribution in [0, 0.1) is 10.1 Å². The average molecular weight is 424 g/mol. The van der Waals surface area contributed by atoms with E-state index in [1.54, 1.807) is 51.1 Å². The third kappa shape index (κ3) is 4.22. The molecule has 0 N–H and O–H groups in total. The van der Waals surface area contributed by atoms with E-state index >= 15 is 0 Å². The van der Waals surface area contributed by atoms with Gasteiger partial charge in [0, 0.05) is 24.5 Å². The van der Waals surface area contributed by atoms with E-state index in [1.807, 2.05) is 17.0 Å². The van der Waals surface area contributed by atoms with Crippen molar-refractivity contribution in [2.45, 2.75) is 26.4 Å². The zero-order chi connectivity index (χ0) is 22.2. The Morgan fingerprint density at radius 3 is 2.55 bits per heavy atom. The smallest absolute Gasteiger partial charge is 0.419 e. The second kappa shape index (κ2) is 7.99. The highest BCUT2D eigenvalue weighted by atomic mass is 16.6. The fourth-order valence-corrected chi connectivity index (χ4v) is 3.60. The Morgan fingerprint density at radius 2 is 1.87 bits per heavy atom. The Kier molecular flexibility index (Phi) is 5.36. The molecule has 4 rings (SSSR count). The molecule has 1 aliphatic heterocycles. The first-order valence-corrected chi connectivity index (χ1v) is 10.1. The SMILES string of the molecule is CC(C)(C)OC(=O)n1c(-c2ccc(N3CCOCC3)nc2[N+](=O)[O-])cc2ccccc21. The van der Waals surface area contributed by atoms with Gasteiger partial charge in [-0.25, -0.2) is 9.36 Å². The Labute approximate surface area is 179 Å². The highest BCUT2D eigenvalue weighted by Crippen LogP contribution is 2.35. The number of fused-ring (bicyclic) bond motifs is 1. The number of rotatable bonds is 3. The predicted molar refractivity (Wildman–Crippen MR) is 116 cm³/mol. The van der Waals surface area contributed by atoms with Gasteiger partial charge in [-0.1, -0.05) is 18.2 Å². The number of hydrogen-bond acceptors (Lipinski definition) is 7. The highest BCUT2D eigenvalue weighted by Gasteiger charge is 2.29. The molecule has 9 heteroatoms. The van der Waals surface area contributed by atoms with Gasteiger partial charge in [0.15, 0.2) is 0 Å². The average Bonchev–Trinajstić information content (AvgIpc) is 3.12. The van der Waals surface area contributed by atoms with Crippen LogP contribution in [0.1, 0.15) is 20.8 Å². The van der Waals surface area contributed by atoms with E-state index in [1.165, 1.54) is 4.57 Å². The number of morpholine rings is 1. The fourth-order valence-electron chi connectivity index (χ4n) is 3.60. The van der Waals surface area contributed by atoms with E-state index in [2.05, 4.69) is 4.98 Å². The van der Waals surface area contributed by atoms with Gasteiger partial charge in [-0.2, -0.15) is 0 Å². The van der Waals surface area contributed by atoms with Gasteiger partial charge in [0.05, 0.1) is 30.0 Å². The first-order chi connectivity index (χ1) is 14.7. The Morgan fingerprint density at radius 1 is 1.16 bits per heavy atom. The molecular weight excluding hydrogens is 400 g/mol. The Balaban J connectivity index is 1.87. The van der Waals surface area contributed by atoms with Crippen molar-refractivity contribution >= 4 is 28.6 Å². The minimum Gasteiger partial charge on any atom is -0.443 e. The molecular formula is C22H24N4O5. The quantitative estimate of drug-likeness (QED) is 0.458. The topological polar surface area (TPSA) is 99.7 Å². The van der Waals surface area contributed by atoms with Gasteiger partial charge in [0.25, 0.3) is 0 Å². The van der Waals surface area contributed by atoms with Crippen molar-refractivity contribution in [3.63, 3.8) is 0 Å². The number of hydrogen-bond donors (Lipinski definition) is 0. The molecule has 1 saturated heterocycles. The minimum atomic E-state index is -0.718. The first-order valence-electron chi connectivity index (χ1n) is 10.1. The molecule has 0 saturated carbocycles. The molecule has 1 fully saturated rings. The summed E-state index contributed by atoms with van der Waals surface area (Å²) >= 11 is 0. The van der Waals surface area contributed by atoms with Crippen molar-refractivity contribution in [1.82, 2.24) is 9.55 Å². The largest absolute Gasteiger partial charge is 0.443 e. The van der Waals surface area contributed by atoms with Gasteiger partial charge >= 0.3 is 11.9 Å². The fraction of sp³-hybridized carbons (Fsp3) is 0.364. The molecule has 9 nitrogen and oxygen atoms in total. The second-order valence-corrected chi connectivity index (χ2v) is 8.30. The molecule has 0 amide bonds. The Bertz CT molecular complexity index is 1140. The lowest BCUT2D eigenvalue weighted by Gasteiger charge is -2.25. The summed E-state index contributed by atoms with van der Waals surface area (Å²) in [6.45, 7) is 7.64. The van der Waals surface area contributed by atoms with Crippen LogP contribution in [0.2, 0.25) is 0 Å². The van der Waals surface area contributed by atoms with Crippen molar-refractivity contribution in [2.24, 2.45) is 0 Å². The molecule has 1 aliphatic rings. The van der Waals surface area contributed by atoms with Crippen LogP contribution in [0.3, 0.4) is 0 Å². The zero-order valence-electron chi connectivity index (χ0n) is 17.7. The predicted octanol–water partition coefficient (Wildman–Crippen LogP) is 4.23. The second-order valence-electron chi connectivity index (χ2n) is 8.30. The standard InChI is InChI=1S/C22H24N4O5/c1-22(2,3)31-21(27)25-17-7-5-4-6-15(17)14-18(25)16-8-9-19(23-20(16)26(28)29)24-10-12-30-13-11-24/h4-9,14H,10-13H2,1-3H3. The van der Waals surface area contributed by atoms with Gasteiger partial charge < -0.3 is 24.5 Å². The summed E-state index contributed by atoms with van der Waals surface area (Å²) < 4.78 is 12.3. The summed E-state index contributed by atoms with van der Waals surface area (Å²) in [7, 11) is 0. The van der Waals surface area contributed by atoms with E-state index in [9.17, 15) is 14.9 Å². The normalized spacial score (nSPS) is 14.6. The van der Waals surface area contributed by atoms with Crippen LogP contribution in [0.5, 0.6) is 0 Å². The maximum Gasteiger partial charge on any atom is 0.419 e. The van der Waals surface area contributed by atoms with Crippen LogP contribution < -0.4 is 4.90 Å². The van der Waals surface area contributed by atoms with E-state index in [-0.39, 0.29) is 11.4 Å². The lowest BCUT2D eigenvalue weighted by molar-refractivity contribution is -0.388. The summed E-state index contributed by atoms with van der Waals surface area (Å²) in [5, 5.41) is 12.7. The first kappa shape index (κ1) is 20.8. The van der Waals surface area contributed by atoms with E-state index in [4.69, 9.17) is 9.47 Å². The number of nitro groups is 1. The van der Waals surface area contributed by atoms with Crippen molar-refractivity contribution in [1.29, 1.82) is 0 Å². The van der Waals surface area contributed by atoms with E-state index < -0.39 is 16.6 Å². The van der Waals surface area contributed by atoms with Crippen LogP contribution >= 0.6 is 0 Å². The lowest BCUT2D eigenvalue weighted by atomic mass is 10.1. The molecule has 0 radical (unpaired) electrons. The van der Waals surface area contributed by atoms with Gasteiger partial charge in [-0.05, 0) is 48.9 Å². The third-order valence-corrected chi connectivity index (χ3v) is 4.93. The van der Waals surface area contributed by atoms with Crippen LogP contribution in [-0.2, 0) is 9.47 Å². The van der Waals surface area contributed by atoms with Gasteiger partial charge in [-0.3, -0.25) is 0 Å². The summed E-state index contributed by atoms with van der Waals surface area (Å²) in [6.07, 6.45) is -0.602. The zero-order valence-corrected chi connectivity index (χ0v) is 17.7. The number of nitrogens with zero attached hydrogens (tertiary/aromatic N) is 4. The molecule has 31 heavy (non-hydrogen) atoms. The molecule has 1 aromatic carbocycles. The third-order valence-electron chi connectivity index (χ3n) is 4.93. The summed E-state index contributed by atoms with van der Waals surface area (Å²) in [4.78, 5) is 30.7. The van der Waals surface area contributed by atoms with E-state index in [0.29, 0.717) is 43.3 Å². The number of para-hydroxylation sites is 1. The molecule has 0 spiro atoms. The molecule has 3 aromatic rings. The summed E-state index contributed by atoms with van der Waals surface area (Å²) in [5.74, 6) is 0.204. The van der Waals surface area contributed by atoms with Crippen LogP contribution in [0.4, 0.5) is 16.4 Å². The van der Waals surface area contributed by atoms with Gasteiger partial charge in [0.1, 0.15) is 5.60 Å². The number of carbonyl (C=O) groups excluding carboxylic acids is 1.